The molecule has 1 N–H and O–H groups in total. The summed E-state index contributed by atoms with van der Waals surface area (Å²) in [5.41, 5.74) is 0. The van der Waals surface area contributed by atoms with Gasteiger partial charge in [-0.25, -0.2) is 0 Å². The molecule has 2 fully saturated rings. The van der Waals surface area contributed by atoms with Crippen LogP contribution in [0.4, 0.5) is 0 Å². The van der Waals surface area contributed by atoms with Gasteiger partial charge in [0.25, 0.3) is 0 Å². The predicted octanol–water partition coefficient (Wildman–Crippen LogP) is -0.326. The molecule has 1 saturated carbocycles. The van der Waals surface area contributed by atoms with E-state index in [1.807, 2.05) is 0 Å². The maximum absolute atomic E-state index is 11.6. The molecular weight excluding hydrogens is 180 g/mol. The third kappa shape index (κ3) is 2.25. The second kappa shape index (κ2) is 3.87. The first-order valence-corrected chi connectivity index (χ1v) is 5.36. The number of aliphatic hydroxyl groups excluding tert-OH is 1. The van der Waals surface area contributed by atoms with Crippen LogP contribution in [0.1, 0.15) is 19.8 Å². The number of amides is 1. The number of β-amino-alcohol motifs (C(OH)–C–C–N with tert-alkyl or cyclic N) is 1. The van der Waals surface area contributed by atoms with Crippen LogP contribution in [0, 0.1) is 0 Å². The molecule has 0 aromatic carbocycles. The fourth-order valence-electron chi connectivity index (χ4n) is 1.99. The van der Waals surface area contributed by atoms with Crippen LogP contribution in [0.3, 0.4) is 0 Å². The van der Waals surface area contributed by atoms with E-state index in [1.54, 1.807) is 11.8 Å². The molecule has 0 spiro atoms. The first kappa shape index (κ1) is 9.93. The van der Waals surface area contributed by atoms with Gasteiger partial charge < -0.3 is 10.0 Å². The largest absolute Gasteiger partial charge is 0.392 e. The molecule has 1 aliphatic heterocycles. The van der Waals surface area contributed by atoms with Gasteiger partial charge in [0.1, 0.15) is 0 Å². The molecule has 80 valence electrons. The Labute approximate surface area is 84.5 Å². The van der Waals surface area contributed by atoms with Crippen molar-refractivity contribution in [3.8, 4) is 0 Å². The zero-order valence-electron chi connectivity index (χ0n) is 8.65. The third-order valence-electron chi connectivity index (χ3n) is 2.90. The molecule has 1 unspecified atom stereocenters. The van der Waals surface area contributed by atoms with Gasteiger partial charge in [0.05, 0.1) is 12.6 Å². The lowest BCUT2D eigenvalue weighted by Gasteiger charge is -2.34. The first-order valence-electron chi connectivity index (χ1n) is 5.36. The van der Waals surface area contributed by atoms with E-state index < -0.39 is 6.10 Å². The van der Waals surface area contributed by atoms with Gasteiger partial charge >= 0.3 is 0 Å². The SMILES string of the molecule is CC(O)CN1CCN(C2CC2)CC1=O. The number of rotatable bonds is 3. The van der Waals surface area contributed by atoms with Gasteiger partial charge in [-0.15, -0.1) is 0 Å². The van der Waals surface area contributed by atoms with E-state index in [1.165, 1.54) is 12.8 Å². The smallest absolute Gasteiger partial charge is 0.236 e. The molecule has 0 bridgehead atoms. The van der Waals surface area contributed by atoms with Crippen molar-refractivity contribution >= 4 is 5.91 Å². The molecule has 4 nitrogen and oxygen atoms in total. The molecule has 2 aliphatic rings. The fraction of sp³-hybridized carbons (Fsp3) is 0.900. The number of hydrogen-bond donors (Lipinski definition) is 1. The standard InChI is InChI=1S/C10H18N2O2/c1-8(13)6-12-5-4-11(7-10(12)14)9-2-3-9/h8-9,13H,2-7H2,1H3. The Morgan fingerprint density at radius 2 is 2.21 bits per heavy atom. The lowest BCUT2D eigenvalue weighted by atomic mass is 10.2. The monoisotopic (exact) mass is 198 g/mol. The second-order valence-corrected chi connectivity index (χ2v) is 4.39. The van der Waals surface area contributed by atoms with Crippen molar-refractivity contribution in [3.63, 3.8) is 0 Å². The molecule has 0 aromatic heterocycles. The van der Waals surface area contributed by atoms with Crippen molar-refractivity contribution in [2.75, 3.05) is 26.2 Å². The normalized spacial score (nSPS) is 26.7. The molecule has 4 heteroatoms. The Morgan fingerprint density at radius 1 is 1.50 bits per heavy atom. The minimum atomic E-state index is -0.411. The quantitative estimate of drug-likeness (QED) is 0.675. The van der Waals surface area contributed by atoms with Crippen LogP contribution < -0.4 is 0 Å². The number of hydrogen-bond acceptors (Lipinski definition) is 3. The van der Waals surface area contributed by atoms with Crippen molar-refractivity contribution in [3.05, 3.63) is 0 Å². The van der Waals surface area contributed by atoms with Gasteiger partial charge in [-0.1, -0.05) is 0 Å². The number of carbonyl (C=O) groups excluding carboxylic acids is 1. The van der Waals surface area contributed by atoms with Crippen LogP contribution in [0.2, 0.25) is 0 Å². The van der Waals surface area contributed by atoms with Crippen LogP contribution in [-0.4, -0.2) is 59.1 Å². The molecule has 1 aliphatic carbocycles. The Morgan fingerprint density at radius 3 is 2.71 bits per heavy atom. The Bertz CT molecular complexity index is 226. The van der Waals surface area contributed by atoms with Gasteiger partial charge in [-0.2, -0.15) is 0 Å². The summed E-state index contributed by atoms with van der Waals surface area (Å²) >= 11 is 0. The Balaban J connectivity index is 1.83. The van der Waals surface area contributed by atoms with Crippen LogP contribution in [0.25, 0.3) is 0 Å². The molecule has 2 rings (SSSR count). The molecule has 1 heterocycles. The highest BCUT2D eigenvalue weighted by Gasteiger charge is 2.34. The maximum Gasteiger partial charge on any atom is 0.236 e. The van der Waals surface area contributed by atoms with E-state index in [-0.39, 0.29) is 5.91 Å². The zero-order chi connectivity index (χ0) is 10.1. The Hall–Kier alpha value is -0.610. The van der Waals surface area contributed by atoms with Crippen LogP contribution in [0.5, 0.6) is 0 Å². The molecule has 1 saturated heterocycles. The lowest BCUT2D eigenvalue weighted by Crippen LogP contribution is -2.52. The summed E-state index contributed by atoms with van der Waals surface area (Å²) in [6.45, 7) is 4.51. The number of carbonyl (C=O) groups is 1. The van der Waals surface area contributed by atoms with Gasteiger partial charge in [0, 0.05) is 25.7 Å². The van der Waals surface area contributed by atoms with E-state index in [0.717, 1.165) is 13.1 Å². The van der Waals surface area contributed by atoms with Crippen molar-refractivity contribution in [1.82, 2.24) is 9.80 Å². The molecular formula is C10H18N2O2. The minimum Gasteiger partial charge on any atom is -0.392 e. The average Bonchev–Trinajstić information content (AvgIpc) is 2.90. The van der Waals surface area contributed by atoms with Gasteiger partial charge in [-0.3, -0.25) is 9.69 Å². The number of piperazine rings is 1. The summed E-state index contributed by atoms with van der Waals surface area (Å²) < 4.78 is 0. The fourth-order valence-corrected chi connectivity index (χ4v) is 1.99. The van der Waals surface area contributed by atoms with E-state index >= 15 is 0 Å². The molecule has 0 radical (unpaired) electrons. The lowest BCUT2D eigenvalue weighted by molar-refractivity contribution is -0.137. The summed E-state index contributed by atoms with van der Waals surface area (Å²) in [6, 6.07) is 0.674. The van der Waals surface area contributed by atoms with Crippen molar-refractivity contribution in [2.45, 2.75) is 31.9 Å². The summed E-state index contributed by atoms with van der Waals surface area (Å²) in [4.78, 5) is 15.7. The highest BCUT2D eigenvalue weighted by molar-refractivity contribution is 5.79. The maximum atomic E-state index is 11.6. The molecule has 1 atom stereocenters. The van der Waals surface area contributed by atoms with Crippen molar-refractivity contribution < 1.29 is 9.90 Å². The molecule has 1 amide bonds. The van der Waals surface area contributed by atoms with Gasteiger partial charge in [0.15, 0.2) is 0 Å². The van der Waals surface area contributed by atoms with E-state index in [9.17, 15) is 9.90 Å². The van der Waals surface area contributed by atoms with E-state index in [0.29, 0.717) is 19.1 Å². The summed E-state index contributed by atoms with van der Waals surface area (Å²) in [7, 11) is 0. The second-order valence-electron chi connectivity index (χ2n) is 4.39. The number of nitrogens with zero attached hydrogens (tertiary/aromatic N) is 2. The minimum absolute atomic E-state index is 0.170. The van der Waals surface area contributed by atoms with Crippen LogP contribution >= 0.6 is 0 Å². The first-order chi connectivity index (χ1) is 6.66. The van der Waals surface area contributed by atoms with Gasteiger partial charge in [-0.05, 0) is 19.8 Å². The third-order valence-corrected chi connectivity index (χ3v) is 2.90. The van der Waals surface area contributed by atoms with Crippen LogP contribution in [-0.2, 0) is 4.79 Å². The topological polar surface area (TPSA) is 43.8 Å². The summed E-state index contributed by atoms with van der Waals surface area (Å²) in [6.07, 6.45) is 2.10. The molecule has 0 aromatic rings. The zero-order valence-corrected chi connectivity index (χ0v) is 8.65. The predicted molar refractivity (Wildman–Crippen MR) is 52.9 cm³/mol. The summed E-state index contributed by atoms with van der Waals surface area (Å²) in [5.74, 6) is 0.170. The molecule has 14 heavy (non-hydrogen) atoms. The average molecular weight is 198 g/mol. The highest BCUT2D eigenvalue weighted by atomic mass is 16.3. The van der Waals surface area contributed by atoms with E-state index in [2.05, 4.69) is 4.90 Å². The number of aliphatic hydroxyl groups is 1. The van der Waals surface area contributed by atoms with E-state index in [4.69, 9.17) is 0 Å². The van der Waals surface area contributed by atoms with Crippen LogP contribution in [0.15, 0.2) is 0 Å². The highest BCUT2D eigenvalue weighted by Crippen LogP contribution is 2.27. The van der Waals surface area contributed by atoms with Crippen molar-refractivity contribution in [2.24, 2.45) is 0 Å². The Kier molecular flexibility index (Phi) is 2.74. The van der Waals surface area contributed by atoms with Crippen molar-refractivity contribution in [1.29, 1.82) is 0 Å². The summed E-state index contributed by atoms with van der Waals surface area (Å²) in [5, 5.41) is 9.20. The van der Waals surface area contributed by atoms with Gasteiger partial charge in [0.2, 0.25) is 5.91 Å².